The van der Waals surface area contributed by atoms with Crippen LogP contribution in [0, 0.1) is 5.92 Å². The molecule has 5 heteroatoms. The number of aromatic amines is 1. The highest BCUT2D eigenvalue weighted by Gasteiger charge is 2.34. The molecule has 1 saturated heterocycles. The number of rotatable bonds is 3. The Balaban J connectivity index is 1.36. The SMILES string of the molecule is O=C(C1CC1)N1CCN(Cc2nc3ccccc3[nH]2)CC1. The number of para-hydroxylation sites is 2. The van der Waals surface area contributed by atoms with Gasteiger partial charge >= 0.3 is 0 Å². The monoisotopic (exact) mass is 284 g/mol. The molecule has 1 aromatic carbocycles. The van der Waals surface area contributed by atoms with Crippen molar-refractivity contribution in [2.45, 2.75) is 19.4 Å². The van der Waals surface area contributed by atoms with E-state index in [9.17, 15) is 4.79 Å². The molecule has 2 aliphatic rings. The van der Waals surface area contributed by atoms with Crippen molar-refractivity contribution in [2.24, 2.45) is 5.92 Å². The summed E-state index contributed by atoms with van der Waals surface area (Å²) in [7, 11) is 0. The lowest BCUT2D eigenvalue weighted by molar-refractivity contribution is -0.134. The minimum absolute atomic E-state index is 0.340. The first-order chi connectivity index (χ1) is 10.3. The highest BCUT2D eigenvalue weighted by atomic mass is 16.2. The van der Waals surface area contributed by atoms with Gasteiger partial charge in [-0.15, -0.1) is 0 Å². The molecule has 0 bridgehead atoms. The Hall–Kier alpha value is -1.88. The lowest BCUT2D eigenvalue weighted by Gasteiger charge is -2.34. The number of benzene rings is 1. The van der Waals surface area contributed by atoms with Crippen LogP contribution in [-0.2, 0) is 11.3 Å². The van der Waals surface area contributed by atoms with Crippen molar-refractivity contribution in [3.63, 3.8) is 0 Å². The number of H-pyrrole nitrogens is 1. The van der Waals surface area contributed by atoms with Gasteiger partial charge in [0.1, 0.15) is 5.82 Å². The number of hydrogen-bond donors (Lipinski definition) is 1. The second-order valence-corrected chi connectivity index (χ2v) is 6.08. The Morgan fingerprint density at radius 3 is 2.67 bits per heavy atom. The average Bonchev–Trinajstić information content (AvgIpc) is 3.27. The molecule has 1 aromatic heterocycles. The zero-order valence-corrected chi connectivity index (χ0v) is 12.1. The minimum Gasteiger partial charge on any atom is -0.341 e. The Labute approximate surface area is 123 Å². The maximum absolute atomic E-state index is 12.0. The van der Waals surface area contributed by atoms with Crippen molar-refractivity contribution in [1.29, 1.82) is 0 Å². The summed E-state index contributed by atoms with van der Waals surface area (Å²) in [4.78, 5) is 24.4. The first kappa shape index (κ1) is 12.8. The molecule has 1 aliphatic carbocycles. The third-order valence-corrected chi connectivity index (χ3v) is 4.42. The van der Waals surface area contributed by atoms with Crippen molar-refractivity contribution in [2.75, 3.05) is 26.2 Å². The van der Waals surface area contributed by atoms with Crippen LogP contribution in [0.1, 0.15) is 18.7 Å². The third kappa shape index (κ3) is 2.65. The van der Waals surface area contributed by atoms with Gasteiger partial charge in [0.05, 0.1) is 17.6 Å². The molecule has 110 valence electrons. The molecule has 1 amide bonds. The number of fused-ring (bicyclic) bond motifs is 1. The molecule has 1 aliphatic heterocycles. The number of nitrogens with one attached hydrogen (secondary N) is 1. The van der Waals surface area contributed by atoms with E-state index in [1.54, 1.807) is 0 Å². The molecular weight excluding hydrogens is 264 g/mol. The van der Waals surface area contributed by atoms with Crippen LogP contribution in [0.15, 0.2) is 24.3 Å². The van der Waals surface area contributed by atoms with Crippen molar-refractivity contribution in [3.8, 4) is 0 Å². The lowest BCUT2D eigenvalue weighted by Crippen LogP contribution is -2.48. The first-order valence-electron chi connectivity index (χ1n) is 7.74. The average molecular weight is 284 g/mol. The zero-order chi connectivity index (χ0) is 14.2. The van der Waals surface area contributed by atoms with E-state index in [4.69, 9.17) is 0 Å². The van der Waals surface area contributed by atoms with Crippen LogP contribution in [0.3, 0.4) is 0 Å². The number of carbonyl (C=O) groups excluding carboxylic acids is 1. The molecule has 21 heavy (non-hydrogen) atoms. The highest BCUT2D eigenvalue weighted by Crippen LogP contribution is 2.31. The van der Waals surface area contributed by atoms with Gasteiger partial charge in [0.25, 0.3) is 0 Å². The van der Waals surface area contributed by atoms with E-state index in [1.807, 2.05) is 23.1 Å². The summed E-state index contributed by atoms with van der Waals surface area (Å²) in [5.74, 6) is 1.73. The van der Waals surface area contributed by atoms with Gasteiger partial charge in [-0.2, -0.15) is 0 Å². The van der Waals surface area contributed by atoms with E-state index < -0.39 is 0 Å². The molecule has 4 rings (SSSR count). The van der Waals surface area contributed by atoms with Crippen LogP contribution in [0.4, 0.5) is 0 Å². The van der Waals surface area contributed by atoms with Crippen LogP contribution >= 0.6 is 0 Å². The standard InChI is InChI=1S/C16H20N4O/c21-16(12-5-6-12)20-9-7-19(8-10-20)11-15-17-13-3-1-2-4-14(13)18-15/h1-4,12H,5-11H2,(H,17,18). The lowest BCUT2D eigenvalue weighted by atomic mass is 10.2. The number of carbonyl (C=O) groups is 1. The molecule has 0 radical (unpaired) electrons. The molecule has 0 unspecified atom stereocenters. The topological polar surface area (TPSA) is 52.2 Å². The largest absolute Gasteiger partial charge is 0.341 e. The fraction of sp³-hybridized carbons (Fsp3) is 0.500. The summed E-state index contributed by atoms with van der Waals surface area (Å²) in [5.41, 5.74) is 2.12. The molecule has 1 saturated carbocycles. The summed E-state index contributed by atoms with van der Waals surface area (Å²) in [6.07, 6.45) is 2.19. The summed E-state index contributed by atoms with van der Waals surface area (Å²) in [6.45, 7) is 4.43. The molecule has 2 heterocycles. The number of aromatic nitrogens is 2. The first-order valence-corrected chi connectivity index (χ1v) is 7.74. The number of nitrogens with zero attached hydrogens (tertiary/aromatic N) is 3. The minimum atomic E-state index is 0.340. The van der Waals surface area contributed by atoms with E-state index in [0.717, 1.165) is 62.4 Å². The van der Waals surface area contributed by atoms with E-state index in [0.29, 0.717) is 11.8 Å². The Morgan fingerprint density at radius 1 is 1.19 bits per heavy atom. The number of imidazole rings is 1. The van der Waals surface area contributed by atoms with Crippen LogP contribution < -0.4 is 0 Å². The molecular formula is C16H20N4O. The van der Waals surface area contributed by atoms with Crippen molar-refractivity contribution >= 4 is 16.9 Å². The summed E-state index contributed by atoms with van der Waals surface area (Å²) < 4.78 is 0. The van der Waals surface area contributed by atoms with Gasteiger partial charge in [-0.05, 0) is 25.0 Å². The van der Waals surface area contributed by atoms with Gasteiger partial charge in [0, 0.05) is 32.1 Å². The van der Waals surface area contributed by atoms with E-state index in [2.05, 4.69) is 20.9 Å². The van der Waals surface area contributed by atoms with Crippen LogP contribution in [0.2, 0.25) is 0 Å². The van der Waals surface area contributed by atoms with Gasteiger partial charge in [-0.3, -0.25) is 9.69 Å². The van der Waals surface area contributed by atoms with Crippen molar-refractivity contribution in [3.05, 3.63) is 30.1 Å². The van der Waals surface area contributed by atoms with Crippen LogP contribution in [-0.4, -0.2) is 51.9 Å². The zero-order valence-electron chi connectivity index (χ0n) is 12.1. The predicted molar refractivity (Wildman–Crippen MR) is 80.7 cm³/mol. The second-order valence-electron chi connectivity index (χ2n) is 6.08. The summed E-state index contributed by atoms with van der Waals surface area (Å²) >= 11 is 0. The van der Waals surface area contributed by atoms with Gasteiger partial charge < -0.3 is 9.88 Å². The van der Waals surface area contributed by atoms with E-state index in [-0.39, 0.29) is 0 Å². The van der Waals surface area contributed by atoms with Gasteiger partial charge in [0.2, 0.25) is 5.91 Å². The van der Waals surface area contributed by atoms with E-state index in [1.165, 1.54) is 0 Å². The molecule has 0 spiro atoms. The van der Waals surface area contributed by atoms with Gasteiger partial charge in [-0.25, -0.2) is 4.98 Å². The normalized spacial score (nSPS) is 20.1. The Kier molecular flexibility index (Phi) is 3.15. The fourth-order valence-electron chi connectivity index (χ4n) is 3.01. The third-order valence-electron chi connectivity index (χ3n) is 4.42. The molecule has 5 nitrogen and oxygen atoms in total. The van der Waals surface area contributed by atoms with Crippen LogP contribution in [0.25, 0.3) is 11.0 Å². The quantitative estimate of drug-likeness (QED) is 0.932. The molecule has 2 fully saturated rings. The highest BCUT2D eigenvalue weighted by molar-refractivity contribution is 5.81. The van der Waals surface area contributed by atoms with E-state index >= 15 is 0 Å². The van der Waals surface area contributed by atoms with Crippen LogP contribution in [0.5, 0.6) is 0 Å². The Bertz CT molecular complexity index is 620. The number of hydrogen-bond acceptors (Lipinski definition) is 3. The number of amides is 1. The number of piperazine rings is 1. The van der Waals surface area contributed by atoms with Gasteiger partial charge in [0.15, 0.2) is 0 Å². The molecule has 2 aromatic rings. The summed E-state index contributed by atoms with van der Waals surface area (Å²) in [5, 5.41) is 0. The fourth-order valence-corrected chi connectivity index (χ4v) is 3.01. The Morgan fingerprint density at radius 2 is 1.95 bits per heavy atom. The summed E-state index contributed by atoms with van der Waals surface area (Å²) in [6, 6.07) is 8.11. The van der Waals surface area contributed by atoms with Gasteiger partial charge in [-0.1, -0.05) is 12.1 Å². The maximum Gasteiger partial charge on any atom is 0.225 e. The molecule has 0 atom stereocenters. The van der Waals surface area contributed by atoms with Crippen molar-refractivity contribution < 1.29 is 4.79 Å². The smallest absolute Gasteiger partial charge is 0.225 e. The second kappa shape index (κ2) is 5.15. The molecule has 1 N–H and O–H groups in total. The van der Waals surface area contributed by atoms with Crippen molar-refractivity contribution in [1.82, 2.24) is 19.8 Å². The maximum atomic E-state index is 12.0. The predicted octanol–water partition coefficient (Wildman–Crippen LogP) is 1.62.